The molecule has 0 aliphatic heterocycles. The van der Waals surface area contributed by atoms with Crippen LogP contribution in [0.2, 0.25) is 0 Å². The fourth-order valence-corrected chi connectivity index (χ4v) is 3.57. The summed E-state index contributed by atoms with van der Waals surface area (Å²) < 4.78 is 1.88. The van der Waals surface area contributed by atoms with E-state index in [0.717, 1.165) is 11.3 Å². The summed E-state index contributed by atoms with van der Waals surface area (Å²) in [6, 6.07) is 17.6. The summed E-state index contributed by atoms with van der Waals surface area (Å²) in [4.78, 5) is 16.3. The molecule has 3 N–H and O–H groups in total. The van der Waals surface area contributed by atoms with Crippen LogP contribution in [-0.4, -0.2) is 47.8 Å². The minimum Gasteiger partial charge on any atom is -0.504 e. The van der Waals surface area contributed by atoms with Crippen molar-refractivity contribution >= 4 is 23.9 Å². The average Bonchev–Trinajstić information content (AvgIpc) is 3.25. The molecule has 9 nitrogen and oxygen atoms in total. The standard InChI is InChI=1S/C22H18N6O3S/c29-18-7-6-15(12-19(18)30)13-24-25-20(31)14-32-22-27-26-21(16-8-10-23-11-9-16)28(22)17-4-2-1-3-5-17/h1-13,29-30H,14H2,(H,25,31)/b24-13+. The molecule has 0 aliphatic carbocycles. The summed E-state index contributed by atoms with van der Waals surface area (Å²) >= 11 is 1.23. The number of hydrazone groups is 1. The van der Waals surface area contributed by atoms with Crippen molar-refractivity contribution in [2.45, 2.75) is 5.16 Å². The Morgan fingerprint density at radius 3 is 2.56 bits per heavy atom. The number of aromatic nitrogens is 4. The number of carbonyl (C=O) groups is 1. The van der Waals surface area contributed by atoms with Crippen molar-refractivity contribution in [2.24, 2.45) is 5.10 Å². The van der Waals surface area contributed by atoms with E-state index < -0.39 is 0 Å². The Morgan fingerprint density at radius 2 is 1.81 bits per heavy atom. The summed E-state index contributed by atoms with van der Waals surface area (Å²) in [6.07, 6.45) is 4.74. The van der Waals surface area contributed by atoms with Crippen LogP contribution in [0.25, 0.3) is 17.1 Å². The van der Waals surface area contributed by atoms with Crippen LogP contribution in [0.4, 0.5) is 0 Å². The second-order valence-electron chi connectivity index (χ2n) is 6.54. The maximum absolute atomic E-state index is 12.3. The van der Waals surface area contributed by atoms with Gasteiger partial charge in [-0.15, -0.1) is 10.2 Å². The second kappa shape index (κ2) is 9.75. The predicted octanol–water partition coefficient (Wildman–Crippen LogP) is 2.98. The molecule has 2 heterocycles. The van der Waals surface area contributed by atoms with Gasteiger partial charge in [0.15, 0.2) is 22.5 Å². The second-order valence-corrected chi connectivity index (χ2v) is 7.49. The van der Waals surface area contributed by atoms with Gasteiger partial charge < -0.3 is 10.2 Å². The molecule has 1 amide bonds. The summed E-state index contributed by atoms with van der Waals surface area (Å²) in [5.74, 6) is -0.106. The zero-order valence-corrected chi connectivity index (χ0v) is 17.5. The topological polar surface area (TPSA) is 126 Å². The molecule has 0 unspecified atom stereocenters. The Labute approximate surface area is 187 Å². The molecule has 2 aromatic heterocycles. The summed E-state index contributed by atoms with van der Waals surface area (Å²) in [5, 5.41) is 31.9. The minimum atomic E-state index is -0.331. The Morgan fingerprint density at radius 1 is 1.03 bits per heavy atom. The molecular weight excluding hydrogens is 428 g/mol. The highest BCUT2D eigenvalue weighted by atomic mass is 32.2. The molecule has 160 valence electrons. The van der Waals surface area contributed by atoms with E-state index in [-0.39, 0.29) is 23.2 Å². The lowest BCUT2D eigenvalue weighted by atomic mass is 10.2. The first-order valence-corrected chi connectivity index (χ1v) is 10.5. The zero-order chi connectivity index (χ0) is 22.3. The third-order valence-electron chi connectivity index (χ3n) is 4.32. The van der Waals surface area contributed by atoms with Crippen molar-refractivity contribution in [3.63, 3.8) is 0 Å². The van der Waals surface area contributed by atoms with Gasteiger partial charge in [0, 0.05) is 23.6 Å². The van der Waals surface area contributed by atoms with E-state index in [4.69, 9.17) is 0 Å². The first-order valence-electron chi connectivity index (χ1n) is 9.50. The van der Waals surface area contributed by atoms with Gasteiger partial charge in [-0.2, -0.15) is 5.10 Å². The molecule has 0 bridgehead atoms. The zero-order valence-electron chi connectivity index (χ0n) is 16.7. The largest absolute Gasteiger partial charge is 0.504 e. The molecule has 32 heavy (non-hydrogen) atoms. The van der Waals surface area contributed by atoms with Gasteiger partial charge in [-0.25, -0.2) is 5.43 Å². The van der Waals surface area contributed by atoms with Crippen molar-refractivity contribution in [1.29, 1.82) is 0 Å². The van der Waals surface area contributed by atoms with Crippen LogP contribution in [0.3, 0.4) is 0 Å². The van der Waals surface area contributed by atoms with Gasteiger partial charge in [-0.3, -0.25) is 14.3 Å². The van der Waals surface area contributed by atoms with E-state index in [0.29, 0.717) is 16.5 Å². The number of pyridine rings is 1. The quantitative estimate of drug-likeness (QED) is 0.172. The predicted molar refractivity (Wildman–Crippen MR) is 121 cm³/mol. The molecule has 0 spiro atoms. The highest BCUT2D eigenvalue weighted by molar-refractivity contribution is 7.99. The lowest BCUT2D eigenvalue weighted by molar-refractivity contribution is -0.118. The monoisotopic (exact) mass is 446 g/mol. The number of nitrogens with zero attached hydrogens (tertiary/aromatic N) is 5. The summed E-state index contributed by atoms with van der Waals surface area (Å²) in [5.41, 5.74) is 4.69. The number of thioether (sulfide) groups is 1. The molecule has 0 radical (unpaired) electrons. The number of phenols is 2. The lowest BCUT2D eigenvalue weighted by Crippen LogP contribution is -2.20. The van der Waals surface area contributed by atoms with Crippen LogP contribution in [-0.2, 0) is 4.79 Å². The van der Waals surface area contributed by atoms with E-state index in [9.17, 15) is 15.0 Å². The lowest BCUT2D eigenvalue weighted by Gasteiger charge is -2.10. The summed E-state index contributed by atoms with van der Waals surface area (Å²) in [7, 11) is 0. The fraction of sp³-hybridized carbons (Fsp3) is 0.0455. The van der Waals surface area contributed by atoms with Crippen LogP contribution >= 0.6 is 11.8 Å². The highest BCUT2D eigenvalue weighted by Crippen LogP contribution is 2.27. The molecule has 0 atom stereocenters. The number of aromatic hydroxyl groups is 2. The van der Waals surface area contributed by atoms with Crippen LogP contribution in [0.15, 0.2) is 83.3 Å². The number of carbonyl (C=O) groups excluding carboxylic acids is 1. The van der Waals surface area contributed by atoms with E-state index in [1.165, 1.54) is 30.1 Å². The number of nitrogens with one attached hydrogen (secondary N) is 1. The van der Waals surface area contributed by atoms with E-state index in [2.05, 4.69) is 25.7 Å². The first-order chi connectivity index (χ1) is 15.6. The van der Waals surface area contributed by atoms with Crippen LogP contribution in [0, 0.1) is 0 Å². The van der Waals surface area contributed by atoms with Crippen molar-refractivity contribution < 1.29 is 15.0 Å². The van der Waals surface area contributed by atoms with Gasteiger partial charge in [0.25, 0.3) is 5.91 Å². The van der Waals surface area contributed by atoms with Crippen molar-refractivity contribution in [1.82, 2.24) is 25.2 Å². The van der Waals surface area contributed by atoms with Gasteiger partial charge in [0.1, 0.15) is 0 Å². The van der Waals surface area contributed by atoms with Gasteiger partial charge in [-0.05, 0) is 48.0 Å². The fourth-order valence-electron chi connectivity index (χ4n) is 2.82. The maximum Gasteiger partial charge on any atom is 0.250 e. The average molecular weight is 446 g/mol. The number of amides is 1. The maximum atomic E-state index is 12.3. The first kappa shape index (κ1) is 21.1. The van der Waals surface area contributed by atoms with Gasteiger partial charge in [0.2, 0.25) is 0 Å². The minimum absolute atomic E-state index is 0.0689. The number of phenolic OH excluding ortho intramolecular Hbond substituents is 2. The molecule has 0 saturated heterocycles. The Balaban J connectivity index is 1.47. The Kier molecular flexibility index (Phi) is 6.42. The molecule has 10 heteroatoms. The number of rotatable bonds is 7. The van der Waals surface area contributed by atoms with E-state index >= 15 is 0 Å². The third kappa shape index (κ3) is 4.93. The van der Waals surface area contributed by atoms with Gasteiger partial charge in [0.05, 0.1) is 12.0 Å². The molecular formula is C22H18N6O3S. The SMILES string of the molecule is O=C(CSc1nnc(-c2ccncc2)n1-c1ccccc1)N/N=C/c1ccc(O)c(O)c1. The Bertz CT molecular complexity index is 1250. The smallest absolute Gasteiger partial charge is 0.250 e. The highest BCUT2D eigenvalue weighted by Gasteiger charge is 2.17. The molecule has 0 fully saturated rings. The summed E-state index contributed by atoms with van der Waals surface area (Å²) in [6.45, 7) is 0. The Hall–Kier alpha value is -4.18. The number of hydrogen-bond donors (Lipinski definition) is 3. The van der Waals surface area contributed by atoms with Crippen LogP contribution in [0.1, 0.15) is 5.56 Å². The molecule has 4 rings (SSSR count). The van der Waals surface area contributed by atoms with E-state index in [1.807, 2.05) is 47.0 Å². The molecule has 4 aromatic rings. The normalized spacial score (nSPS) is 11.0. The van der Waals surface area contributed by atoms with Crippen LogP contribution in [0.5, 0.6) is 11.5 Å². The number of para-hydroxylation sites is 1. The van der Waals surface area contributed by atoms with Gasteiger partial charge in [-0.1, -0.05) is 30.0 Å². The molecule has 0 saturated carbocycles. The number of hydrogen-bond acceptors (Lipinski definition) is 8. The molecule has 2 aromatic carbocycles. The van der Waals surface area contributed by atoms with Crippen LogP contribution < -0.4 is 5.43 Å². The third-order valence-corrected chi connectivity index (χ3v) is 5.25. The van der Waals surface area contributed by atoms with Crippen molar-refractivity contribution in [2.75, 3.05) is 5.75 Å². The molecule has 0 aliphatic rings. The van der Waals surface area contributed by atoms with Crippen molar-refractivity contribution in [3.05, 3.63) is 78.6 Å². The van der Waals surface area contributed by atoms with Gasteiger partial charge >= 0.3 is 0 Å². The van der Waals surface area contributed by atoms with Crippen molar-refractivity contribution in [3.8, 4) is 28.6 Å². The van der Waals surface area contributed by atoms with E-state index in [1.54, 1.807) is 18.5 Å². The number of benzene rings is 2.